The first kappa shape index (κ1) is 17.9. The summed E-state index contributed by atoms with van der Waals surface area (Å²) >= 11 is 0. The summed E-state index contributed by atoms with van der Waals surface area (Å²) in [4.78, 5) is 28.8. The van der Waals surface area contributed by atoms with Crippen LogP contribution in [0.1, 0.15) is 23.2 Å². The van der Waals surface area contributed by atoms with E-state index in [0.717, 1.165) is 53.6 Å². The molecule has 2 amide bonds. The maximum Gasteiger partial charge on any atom is 0.263 e. The number of hydrogen-bond acceptors (Lipinski definition) is 2. The van der Waals surface area contributed by atoms with E-state index >= 15 is 0 Å². The molecule has 3 aromatic rings. The maximum absolute atomic E-state index is 13.0. The monoisotopic (exact) mass is 386 g/mol. The van der Waals surface area contributed by atoms with Crippen molar-refractivity contribution in [2.45, 2.75) is 12.8 Å². The van der Waals surface area contributed by atoms with Crippen molar-refractivity contribution >= 4 is 34.0 Å². The number of likely N-dealkylation sites (tertiary alicyclic amines) is 1. The Kier molecular flexibility index (Phi) is 4.52. The molecule has 0 aromatic heterocycles. The fourth-order valence-electron chi connectivity index (χ4n) is 4.57. The molecule has 5 nitrogen and oxygen atoms in total. The van der Waals surface area contributed by atoms with Crippen LogP contribution >= 0.6 is 0 Å². The Balaban J connectivity index is 1.23. The van der Waals surface area contributed by atoms with Crippen LogP contribution in [0.2, 0.25) is 0 Å². The van der Waals surface area contributed by atoms with Crippen molar-refractivity contribution in [3.63, 3.8) is 0 Å². The van der Waals surface area contributed by atoms with Crippen LogP contribution in [0.3, 0.4) is 0 Å². The zero-order valence-corrected chi connectivity index (χ0v) is 16.2. The van der Waals surface area contributed by atoms with E-state index in [0.29, 0.717) is 6.67 Å². The van der Waals surface area contributed by atoms with Crippen LogP contribution in [-0.4, -0.2) is 31.6 Å². The highest BCUT2D eigenvalue weighted by molar-refractivity contribution is 6.24. The zero-order valence-electron chi connectivity index (χ0n) is 16.2. The van der Waals surface area contributed by atoms with Gasteiger partial charge in [-0.15, -0.1) is 0 Å². The van der Waals surface area contributed by atoms with Crippen LogP contribution in [0.25, 0.3) is 10.8 Å². The minimum absolute atomic E-state index is 0.0360. The van der Waals surface area contributed by atoms with E-state index < -0.39 is 0 Å². The molecule has 146 valence electrons. The Morgan fingerprint density at radius 3 is 2.45 bits per heavy atom. The molecule has 0 saturated carbocycles. The van der Waals surface area contributed by atoms with Gasteiger partial charge in [-0.25, -0.2) is 0 Å². The first-order valence-electron chi connectivity index (χ1n) is 10.2. The Labute approximate surface area is 169 Å². The highest BCUT2D eigenvalue weighted by atomic mass is 16.2. The largest absolute Gasteiger partial charge is 0.326 e. The molecule has 0 atom stereocenters. The van der Waals surface area contributed by atoms with E-state index in [2.05, 4.69) is 17.4 Å². The van der Waals surface area contributed by atoms with E-state index in [1.165, 1.54) is 4.90 Å². The predicted octanol–water partition coefficient (Wildman–Crippen LogP) is 2.69. The van der Waals surface area contributed by atoms with Crippen molar-refractivity contribution < 1.29 is 14.5 Å². The number of hydrogen-bond donors (Lipinski definition) is 2. The maximum atomic E-state index is 13.0. The fourth-order valence-corrected chi connectivity index (χ4v) is 4.57. The lowest BCUT2D eigenvalue weighted by Gasteiger charge is -2.31. The first-order chi connectivity index (χ1) is 14.2. The van der Waals surface area contributed by atoms with Crippen LogP contribution in [0.5, 0.6) is 0 Å². The van der Waals surface area contributed by atoms with Gasteiger partial charge < -0.3 is 10.2 Å². The fraction of sp³-hybridized carbons (Fsp3) is 0.250. The number of nitrogens with zero attached hydrogens (tertiary/aromatic N) is 1. The highest BCUT2D eigenvalue weighted by Gasteiger charge is 2.34. The van der Waals surface area contributed by atoms with Crippen molar-refractivity contribution in [3.05, 3.63) is 72.3 Å². The standard InChI is InChI=1S/C24H23N3O2/c28-23(25-19-8-2-1-3-9-19)18-12-14-26(15-13-18)16-27-21-11-5-7-17-6-4-10-20(22(17)21)24(27)29/h1-11,18H,12-16H2,(H,25,28)/p+1. The summed E-state index contributed by atoms with van der Waals surface area (Å²) in [5, 5.41) is 5.20. The summed E-state index contributed by atoms with van der Waals surface area (Å²) in [5.74, 6) is 0.229. The van der Waals surface area contributed by atoms with Crippen molar-refractivity contribution in [1.82, 2.24) is 0 Å². The van der Waals surface area contributed by atoms with Gasteiger partial charge in [0, 0.05) is 29.8 Å². The third-order valence-corrected chi connectivity index (χ3v) is 6.14. The average Bonchev–Trinajstić information content (AvgIpc) is 3.03. The lowest BCUT2D eigenvalue weighted by atomic mass is 9.96. The molecule has 2 aliphatic heterocycles. The second kappa shape index (κ2) is 7.33. The molecule has 5 rings (SSSR count). The summed E-state index contributed by atoms with van der Waals surface area (Å²) in [5.41, 5.74) is 2.66. The SMILES string of the molecule is O=C(Nc1ccccc1)C1CC[NH+](CN2C(=O)c3cccc4cccc2c34)CC1. The van der Waals surface area contributed by atoms with Gasteiger partial charge in [0.05, 0.1) is 24.3 Å². The number of quaternary nitrogens is 1. The molecule has 0 radical (unpaired) electrons. The first-order valence-corrected chi connectivity index (χ1v) is 10.2. The van der Waals surface area contributed by atoms with Crippen LogP contribution < -0.4 is 15.1 Å². The summed E-state index contributed by atoms with van der Waals surface area (Å²) in [6, 6.07) is 21.7. The van der Waals surface area contributed by atoms with Crippen molar-refractivity contribution in [1.29, 1.82) is 0 Å². The Bertz CT molecular complexity index is 1070. The van der Waals surface area contributed by atoms with E-state index in [4.69, 9.17) is 0 Å². The molecule has 0 spiro atoms. The van der Waals surface area contributed by atoms with Gasteiger partial charge in [0.2, 0.25) is 5.91 Å². The number of amides is 2. The van der Waals surface area contributed by atoms with Crippen LogP contribution in [0.4, 0.5) is 11.4 Å². The third kappa shape index (κ3) is 3.28. The van der Waals surface area contributed by atoms with Crippen LogP contribution in [0, 0.1) is 5.92 Å². The molecule has 0 unspecified atom stereocenters. The predicted molar refractivity (Wildman–Crippen MR) is 114 cm³/mol. The van der Waals surface area contributed by atoms with E-state index in [9.17, 15) is 9.59 Å². The molecule has 1 saturated heterocycles. The number of carbonyl (C=O) groups excluding carboxylic acids is 2. The van der Waals surface area contributed by atoms with Gasteiger partial charge in [0.1, 0.15) is 0 Å². The highest BCUT2D eigenvalue weighted by Crippen LogP contribution is 2.36. The smallest absolute Gasteiger partial charge is 0.263 e. The molecule has 0 aliphatic carbocycles. The quantitative estimate of drug-likeness (QED) is 0.724. The molecular weight excluding hydrogens is 362 g/mol. The molecule has 0 bridgehead atoms. The van der Waals surface area contributed by atoms with Crippen molar-refractivity contribution in [2.24, 2.45) is 5.92 Å². The second-order valence-electron chi connectivity index (χ2n) is 7.95. The normalized spacial score (nSPS) is 20.8. The summed E-state index contributed by atoms with van der Waals surface area (Å²) < 4.78 is 0. The Morgan fingerprint density at radius 2 is 1.69 bits per heavy atom. The van der Waals surface area contributed by atoms with Crippen LogP contribution in [0.15, 0.2) is 66.7 Å². The van der Waals surface area contributed by atoms with E-state index in [1.807, 2.05) is 59.5 Å². The van der Waals surface area contributed by atoms with Gasteiger partial charge in [0.25, 0.3) is 5.91 Å². The number of anilines is 2. The van der Waals surface area contributed by atoms with Gasteiger partial charge in [-0.05, 0) is 29.7 Å². The molecule has 2 aliphatic rings. The number of piperidine rings is 1. The Morgan fingerprint density at radius 1 is 0.966 bits per heavy atom. The second-order valence-corrected chi connectivity index (χ2v) is 7.95. The van der Waals surface area contributed by atoms with Crippen molar-refractivity contribution in [2.75, 3.05) is 30.0 Å². The topological polar surface area (TPSA) is 53.9 Å². The molecule has 5 heteroatoms. The molecule has 29 heavy (non-hydrogen) atoms. The van der Waals surface area contributed by atoms with Gasteiger partial charge in [-0.1, -0.05) is 42.5 Å². The molecule has 2 N–H and O–H groups in total. The number of benzene rings is 3. The van der Waals surface area contributed by atoms with E-state index in [-0.39, 0.29) is 17.7 Å². The van der Waals surface area contributed by atoms with Crippen LogP contribution in [-0.2, 0) is 4.79 Å². The number of carbonyl (C=O) groups is 2. The summed E-state index contributed by atoms with van der Waals surface area (Å²) in [7, 11) is 0. The zero-order chi connectivity index (χ0) is 19.8. The number of rotatable bonds is 4. The molecule has 3 aromatic carbocycles. The summed E-state index contributed by atoms with van der Waals surface area (Å²) in [6.07, 6.45) is 1.68. The number of para-hydroxylation sites is 1. The summed E-state index contributed by atoms with van der Waals surface area (Å²) in [6.45, 7) is 2.44. The van der Waals surface area contributed by atoms with E-state index in [1.54, 1.807) is 0 Å². The molecular formula is C24H24N3O2+. The lowest BCUT2D eigenvalue weighted by Crippen LogP contribution is -3.14. The minimum atomic E-state index is 0.0360. The van der Waals surface area contributed by atoms with Gasteiger partial charge >= 0.3 is 0 Å². The van der Waals surface area contributed by atoms with Crippen molar-refractivity contribution in [3.8, 4) is 0 Å². The number of nitrogens with one attached hydrogen (secondary N) is 2. The minimum Gasteiger partial charge on any atom is -0.326 e. The Hall–Kier alpha value is -3.18. The molecule has 1 fully saturated rings. The van der Waals surface area contributed by atoms with Gasteiger partial charge in [-0.3, -0.25) is 14.5 Å². The average molecular weight is 386 g/mol. The lowest BCUT2D eigenvalue weighted by molar-refractivity contribution is -0.904. The third-order valence-electron chi connectivity index (χ3n) is 6.14. The van der Waals surface area contributed by atoms with Gasteiger partial charge in [0.15, 0.2) is 6.67 Å². The molecule has 2 heterocycles. The van der Waals surface area contributed by atoms with Gasteiger partial charge in [-0.2, -0.15) is 0 Å².